The Morgan fingerprint density at radius 3 is 2.24 bits per heavy atom. The average molecular weight is 280 g/mol. The van der Waals surface area contributed by atoms with Crippen LogP contribution in [0.3, 0.4) is 0 Å². The molecule has 1 atom stereocenters. The highest BCUT2D eigenvalue weighted by Gasteiger charge is 2.41. The van der Waals surface area contributed by atoms with Crippen molar-refractivity contribution in [2.45, 2.75) is 31.4 Å². The molecular formula is C8H16F4N2O2S. The maximum atomic E-state index is 12.5. The zero-order chi connectivity index (χ0) is 13.7. The summed E-state index contributed by atoms with van der Waals surface area (Å²) in [5.41, 5.74) is 0. The number of rotatable bonds is 8. The molecule has 0 spiro atoms. The van der Waals surface area contributed by atoms with Crippen molar-refractivity contribution in [1.82, 2.24) is 10.0 Å². The molecule has 0 heterocycles. The van der Waals surface area contributed by atoms with Gasteiger partial charge in [-0.25, -0.2) is 21.9 Å². The summed E-state index contributed by atoms with van der Waals surface area (Å²) in [7, 11) is -4.03. The molecule has 0 aliphatic heterocycles. The van der Waals surface area contributed by atoms with Gasteiger partial charge in [0.05, 0.1) is 11.8 Å². The molecule has 0 aromatic carbocycles. The van der Waals surface area contributed by atoms with E-state index in [1.165, 1.54) is 11.6 Å². The van der Waals surface area contributed by atoms with Crippen LogP contribution in [-0.2, 0) is 10.0 Å². The van der Waals surface area contributed by atoms with Crippen molar-refractivity contribution in [2.75, 3.05) is 19.6 Å². The highest BCUT2D eigenvalue weighted by Crippen LogP contribution is 2.21. The van der Waals surface area contributed by atoms with Crippen molar-refractivity contribution in [3.8, 4) is 0 Å². The first kappa shape index (κ1) is 16.6. The maximum absolute atomic E-state index is 12.5. The minimum atomic E-state index is -4.36. The van der Waals surface area contributed by atoms with Crippen molar-refractivity contribution < 1.29 is 26.0 Å². The zero-order valence-electron chi connectivity index (χ0n) is 9.51. The lowest BCUT2D eigenvalue weighted by Crippen LogP contribution is -2.46. The topological polar surface area (TPSA) is 58.2 Å². The summed E-state index contributed by atoms with van der Waals surface area (Å²) in [6.45, 7) is 2.03. The number of hydrogen-bond acceptors (Lipinski definition) is 3. The van der Waals surface area contributed by atoms with Crippen LogP contribution >= 0.6 is 0 Å². The van der Waals surface area contributed by atoms with Crippen LogP contribution in [0.4, 0.5) is 17.6 Å². The quantitative estimate of drug-likeness (QED) is 0.647. The van der Waals surface area contributed by atoms with Gasteiger partial charge < -0.3 is 5.32 Å². The van der Waals surface area contributed by atoms with Crippen LogP contribution in [0.15, 0.2) is 0 Å². The minimum absolute atomic E-state index is 0.0616. The fourth-order valence-corrected chi connectivity index (χ4v) is 1.89. The Hall–Kier alpha value is -0.410. The predicted molar refractivity (Wildman–Crippen MR) is 55.9 cm³/mol. The zero-order valence-corrected chi connectivity index (χ0v) is 10.3. The van der Waals surface area contributed by atoms with Gasteiger partial charge in [-0.3, -0.25) is 0 Å². The lowest BCUT2D eigenvalue weighted by Gasteiger charge is -2.18. The first-order chi connectivity index (χ1) is 7.63. The Morgan fingerprint density at radius 1 is 1.29 bits per heavy atom. The number of halogens is 4. The first-order valence-corrected chi connectivity index (χ1v) is 6.53. The molecule has 1 unspecified atom stereocenters. The van der Waals surface area contributed by atoms with Crippen molar-refractivity contribution in [3.05, 3.63) is 0 Å². The molecule has 0 aromatic heterocycles. The summed E-state index contributed by atoms with van der Waals surface area (Å²) >= 11 is 0. The number of alkyl halides is 4. The van der Waals surface area contributed by atoms with Crippen molar-refractivity contribution in [1.29, 1.82) is 0 Å². The minimum Gasteiger partial charge on any atom is -0.316 e. The van der Waals surface area contributed by atoms with Crippen LogP contribution < -0.4 is 10.0 Å². The van der Waals surface area contributed by atoms with E-state index in [4.69, 9.17) is 0 Å². The summed E-state index contributed by atoms with van der Waals surface area (Å²) in [6, 6.07) is 0. The third kappa shape index (κ3) is 5.64. The van der Waals surface area contributed by atoms with Gasteiger partial charge >= 0.3 is 12.3 Å². The number of sulfonamides is 1. The summed E-state index contributed by atoms with van der Waals surface area (Å²) < 4.78 is 72.8. The summed E-state index contributed by atoms with van der Waals surface area (Å²) in [5.74, 6) is -4.36. The van der Waals surface area contributed by atoms with E-state index < -0.39 is 34.2 Å². The van der Waals surface area contributed by atoms with Crippen molar-refractivity contribution in [3.63, 3.8) is 0 Å². The van der Waals surface area contributed by atoms with Crippen LogP contribution in [0.2, 0.25) is 0 Å². The fraction of sp³-hybridized carbons (Fsp3) is 1.00. The fourth-order valence-electron chi connectivity index (χ4n) is 0.874. The molecule has 17 heavy (non-hydrogen) atoms. The molecule has 0 aromatic rings. The molecule has 0 bridgehead atoms. The Bertz CT molecular complexity index is 321. The van der Waals surface area contributed by atoms with Gasteiger partial charge in [0, 0.05) is 6.54 Å². The molecule has 0 rings (SSSR count). The molecule has 2 N–H and O–H groups in total. The van der Waals surface area contributed by atoms with E-state index in [1.807, 2.05) is 0 Å². The molecule has 0 aliphatic rings. The second-order valence-corrected chi connectivity index (χ2v) is 5.73. The molecule has 0 saturated heterocycles. The van der Waals surface area contributed by atoms with Crippen LogP contribution in [0, 0.1) is 0 Å². The van der Waals surface area contributed by atoms with Gasteiger partial charge in [-0.2, -0.15) is 8.78 Å². The molecule has 9 heteroatoms. The Morgan fingerprint density at radius 2 is 1.82 bits per heavy atom. The van der Waals surface area contributed by atoms with Gasteiger partial charge in [0.25, 0.3) is 0 Å². The van der Waals surface area contributed by atoms with Gasteiger partial charge in [-0.15, -0.1) is 0 Å². The predicted octanol–water partition coefficient (Wildman–Crippen LogP) is 0.804. The third-order valence-electron chi connectivity index (χ3n) is 2.04. The van der Waals surface area contributed by atoms with Crippen LogP contribution in [-0.4, -0.2) is 45.6 Å². The van der Waals surface area contributed by atoms with Gasteiger partial charge in [0.15, 0.2) is 0 Å². The highest BCUT2D eigenvalue weighted by molar-refractivity contribution is 7.90. The summed E-state index contributed by atoms with van der Waals surface area (Å²) in [6.07, 6.45) is -3.89. The third-order valence-corrected chi connectivity index (χ3v) is 3.81. The van der Waals surface area contributed by atoms with E-state index in [-0.39, 0.29) is 6.54 Å². The van der Waals surface area contributed by atoms with Crippen LogP contribution in [0.5, 0.6) is 0 Å². The van der Waals surface area contributed by atoms with Crippen LogP contribution in [0.1, 0.15) is 13.8 Å². The molecule has 0 saturated carbocycles. The Balaban J connectivity index is 4.37. The van der Waals surface area contributed by atoms with E-state index in [0.29, 0.717) is 6.54 Å². The molecule has 4 nitrogen and oxygen atoms in total. The normalized spacial score (nSPS) is 15.2. The molecule has 0 radical (unpaired) electrons. The van der Waals surface area contributed by atoms with Crippen LogP contribution in [0.25, 0.3) is 0 Å². The van der Waals surface area contributed by atoms with Crippen molar-refractivity contribution >= 4 is 10.0 Å². The monoisotopic (exact) mass is 280 g/mol. The average Bonchev–Trinajstić information content (AvgIpc) is 2.23. The molecule has 0 amide bonds. The second kappa shape index (κ2) is 6.50. The molecule has 0 fully saturated rings. The molecule has 104 valence electrons. The van der Waals surface area contributed by atoms with Gasteiger partial charge in [-0.05, 0) is 13.5 Å². The Kier molecular flexibility index (Phi) is 6.35. The highest BCUT2D eigenvalue weighted by atomic mass is 32.2. The van der Waals surface area contributed by atoms with E-state index in [0.717, 1.165) is 0 Å². The summed E-state index contributed by atoms with van der Waals surface area (Å²) in [4.78, 5) is 0. The number of hydrogen-bond donors (Lipinski definition) is 2. The first-order valence-electron chi connectivity index (χ1n) is 4.98. The van der Waals surface area contributed by atoms with Crippen molar-refractivity contribution in [2.24, 2.45) is 0 Å². The molecule has 0 aliphatic carbocycles. The summed E-state index contributed by atoms with van der Waals surface area (Å²) in [5, 5.41) is 1.74. The lowest BCUT2D eigenvalue weighted by atomic mass is 10.4. The van der Waals surface area contributed by atoms with Gasteiger partial charge in [0.1, 0.15) is 0 Å². The van der Waals surface area contributed by atoms with Gasteiger partial charge in [0.2, 0.25) is 10.0 Å². The molecular weight excluding hydrogens is 264 g/mol. The van der Waals surface area contributed by atoms with E-state index >= 15 is 0 Å². The lowest BCUT2D eigenvalue weighted by molar-refractivity contribution is -0.122. The standard InChI is InChI=1S/C8H16F4N2O2S/c1-3-13-4-6(2)17(15,16)14-5-8(11,12)7(9)10/h6-7,13-14H,3-5H2,1-2H3. The maximum Gasteiger partial charge on any atom is 0.320 e. The Labute approximate surface area is 97.8 Å². The smallest absolute Gasteiger partial charge is 0.316 e. The largest absolute Gasteiger partial charge is 0.320 e. The van der Waals surface area contributed by atoms with E-state index in [9.17, 15) is 26.0 Å². The SMILES string of the molecule is CCNCC(C)S(=O)(=O)NCC(F)(F)C(F)F. The second-order valence-electron chi connectivity index (χ2n) is 3.55. The number of nitrogens with one attached hydrogen (secondary N) is 2. The van der Waals surface area contributed by atoms with Gasteiger partial charge in [-0.1, -0.05) is 6.92 Å². The van der Waals surface area contributed by atoms with E-state index in [1.54, 1.807) is 6.92 Å². The van der Waals surface area contributed by atoms with E-state index in [2.05, 4.69) is 5.32 Å².